The molecule has 0 aliphatic heterocycles. The highest BCUT2D eigenvalue weighted by atomic mass is 16.5. The summed E-state index contributed by atoms with van der Waals surface area (Å²) in [6, 6.07) is 0. The maximum absolute atomic E-state index is 6.14. The molecule has 0 unspecified atom stereocenters. The maximum atomic E-state index is 6.14. The Morgan fingerprint density at radius 3 is 2.29 bits per heavy atom. The quantitative estimate of drug-likeness (QED) is 0.803. The van der Waals surface area contributed by atoms with Crippen LogP contribution >= 0.6 is 0 Å². The molecule has 0 fully saturated rings. The highest BCUT2D eigenvalue weighted by Crippen LogP contribution is 2.25. The molecule has 0 spiro atoms. The van der Waals surface area contributed by atoms with Gasteiger partial charge in [-0.25, -0.2) is 0 Å². The van der Waals surface area contributed by atoms with Crippen molar-refractivity contribution in [1.29, 1.82) is 0 Å². The van der Waals surface area contributed by atoms with Crippen LogP contribution in [0.5, 0.6) is 0 Å². The number of hydrogen-bond donors (Lipinski definition) is 1. The number of nitrogens with zero attached hydrogens (tertiary/aromatic N) is 2. The minimum Gasteiger partial charge on any atom is -0.337 e. The van der Waals surface area contributed by atoms with E-state index < -0.39 is 5.54 Å². The third kappa shape index (κ3) is 1.95. The molecule has 0 bridgehead atoms. The monoisotopic (exact) mass is 197 g/mol. The zero-order valence-electron chi connectivity index (χ0n) is 9.37. The third-order valence-corrected chi connectivity index (χ3v) is 2.65. The average molecular weight is 197 g/mol. The van der Waals surface area contributed by atoms with Crippen LogP contribution in [0.25, 0.3) is 0 Å². The van der Waals surface area contributed by atoms with E-state index in [1.807, 2.05) is 27.7 Å². The lowest BCUT2D eigenvalue weighted by Crippen LogP contribution is -2.35. The molecule has 0 atom stereocenters. The van der Waals surface area contributed by atoms with Gasteiger partial charge in [-0.3, -0.25) is 0 Å². The molecule has 4 heteroatoms. The summed E-state index contributed by atoms with van der Waals surface area (Å²) in [6.45, 7) is 8.13. The number of aromatic nitrogens is 2. The van der Waals surface area contributed by atoms with Crippen molar-refractivity contribution in [3.63, 3.8) is 0 Å². The van der Waals surface area contributed by atoms with E-state index >= 15 is 0 Å². The van der Waals surface area contributed by atoms with Gasteiger partial charge < -0.3 is 10.3 Å². The van der Waals surface area contributed by atoms with Crippen LogP contribution in [0.2, 0.25) is 0 Å². The SMILES string of the molecule is CCC(N)(CC)c1nc(C(C)C)no1. The second-order valence-electron chi connectivity index (χ2n) is 3.98. The van der Waals surface area contributed by atoms with Gasteiger partial charge in [0.15, 0.2) is 5.82 Å². The highest BCUT2D eigenvalue weighted by Gasteiger charge is 2.30. The summed E-state index contributed by atoms with van der Waals surface area (Å²) in [6.07, 6.45) is 1.62. The molecule has 0 radical (unpaired) electrons. The molecule has 14 heavy (non-hydrogen) atoms. The fraction of sp³-hybridized carbons (Fsp3) is 0.800. The van der Waals surface area contributed by atoms with Gasteiger partial charge in [-0.05, 0) is 12.8 Å². The molecule has 0 saturated heterocycles. The third-order valence-electron chi connectivity index (χ3n) is 2.65. The Morgan fingerprint density at radius 1 is 1.36 bits per heavy atom. The van der Waals surface area contributed by atoms with Crippen molar-refractivity contribution in [2.24, 2.45) is 5.73 Å². The van der Waals surface area contributed by atoms with Crippen LogP contribution in [-0.2, 0) is 5.54 Å². The summed E-state index contributed by atoms with van der Waals surface area (Å²) in [5.41, 5.74) is 5.68. The van der Waals surface area contributed by atoms with Gasteiger partial charge in [0.25, 0.3) is 0 Å². The van der Waals surface area contributed by atoms with Crippen LogP contribution in [0.1, 0.15) is 58.2 Å². The van der Waals surface area contributed by atoms with Crippen LogP contribution in [0.3, 0.4) is 0 Å². The molecule has 1 aromatic heterocycles. The van der Waals surface area contributed by atoms with Crippen molar-refractivity contribution in [3.05, 3.63) is 11.7 Å². The first-order valence-corrected chi connectivity index (χ1v) is 5.16. The normalized spacial score (nSPS) is 12.4. The summed E-state index contributed by atoms with van der Waals surface area (Å²) < 4.78 is 5.19. The van der Waals surface area contributed by atoms with Gasteiger partial charge in [0, 0.05) is 5.92 Å². The fourth-order valence-electron chi connectivity index (χ4n) is 1.22. The van der Waals surface area contributed by atoms with E-state index in [0.29, 0.717) is 5.89 Å². The lowest BCUT2D eigenvalue weighted by Gasteiger charge is -2.20. The molecule has 0 aromatic carbocycles. The smallest absolute Gasteiger partial charge is 0.246 e. The molecule has 4 nitrogen and oxygen atoms in total. The minimum absolute atomic E-state index is 0.283. The van der Waals surface area contributed by atoms with E-state index in [0.717, 1.165) is 18.7 Å². The van der Waals surface area contributed by atoms with Crippen LogP contribution in [0.15, 0.2) is 4.52 Å². The van der Waals surface area contributed by atoms with E-state index in [9.17, 15) is 0 Å². The Bertz CT molecular complexity index is 289. The molecule has 0 amide bonds. The maximum Gasteiger partial charge on any atom is 0.246 e. The fourth-order valence-corrected chi connectivity index (χ4v) is 1.22. The van der Waals surface area contributed by atoms with Crippen LogP contribution < -0.4 is 5.73 Å². The lowest BCUT2D eigenvalue weighted by atomic mass is 9.94. The highest BCUT2D eigenvalue weighted by molar-refractivity contribution is 5.02. The largest absolute Gasteiger partial charge is 0.337 e. The predicted molar refractivity (Wildman–Crippen MR) is 54.8 cm³/mol. The Kier molecular flexibility index (Phi) is 3.26. The molecule has 1 rings (SSSR count). The van der Waals surface area contributed by atoms with Gasteiger partial charge in [-0.2, -0.15) is 4.98 Å². The van der Waals surface area contributed by atoms with Gasteiger partial charge in [-0.1, -0.05) is 32.9 Å². The molecular weight excluding hydrogens is 178 g/mol. The van der Waals surface area contributed by atoms with Gasteiger partial charge in [-0.15, -0.1) is 0 Å². The van der Waals surface area contributed by atoms with Crippen molar-refractivity contribution in [1.82, 2.24) is 10.1 Å². The average Bonchev–Trinajstić information content (AvgIpc) is 2.66. The number of nitrogens with two attached hydrogens (primary N) is 1. The van der Waals surface area contributed by atoms with E-state index in [-0.39, 0.29) is 5.92 Å². The van der Waals surface area contributed by atoms with Crippen molar-refractivity contribution >= 4 is 0 Å². The van der Waals surface area contributed by atoms with Crippen molar-refractivity contribution in [3.8, 4) is 0 Å². The molecule has 1 aromatic rings. The second kappa shape index (κ2) is 4.09. The van der Waals surface area contributed by atoms with Gasteiger partial charge in [0.2, 0.25) is 5.89 Å². The van der Waals surface area contributed by atoms with E-state index in [1.54, 1.807) is 0 Å². The standard InChI is InChI=1S/C10H19N3O/c1-5-10(11,6-2)9-12-8(7(3)4)13-14-9/h7H,5-6,11H2,1-4H3. The summed E-state index contributed by atoms with van der Waals surface area (Å²) in [5.74, 6) is 1.58. The summed E-state index contributed by atoms with van der Waals surface area (Å²) in [4.78, 5) is 4.32. The zero-order valence-corrected chi connectivity index (χ0v) is 9.37. The number of rotatable bonds is 4. The Hall–Kier alpha value is -0.900. The zero-order chi connectivity index (χ0) is 10.8. The Labute approximate surface area is 84.9 Å². The van der Waals surface area contributed by atoms with Crippen LogP contribution in [0.4, 0.5) is 0 Å². The van der Waals surface area contributed by atoms with Crippen LogP contribution in [0, 0.1) is 0 Å². The molecule has 0 aliphatic rings. The molecule has 1 heterocycles. The van der Waals surface area contributed by atoms with Gasteiger partial charge in [0.1, 0.15) is 0 Å². The van der Waals surface area contributed by atoms with Crippen molar-refractivity contribution in [2.45, 2.75) is 52.0 Å². The first-order valence-electron chi connectivity index (χ1n) is 5.16. The van der Waals surface area contributed by atoms with E-state index in [1.165, 1.54) is 0 Å². The molecule has 0 saturated carbocycles. The van der Waals surface area contributed by atoms with Crippen molar-refractivity contribution in [2.75, 3.05) is 0 Å². The molecule has 0 aliphatic carbocycles. The second-order valence-corrected chi connectivity index (χ2v) is 3.98. The first kappa shape index (κ1) is 11.2. The Morgan fingerprint density at radius 2 is 1.93 bits per heavy atom. The molecular formula is C10H19N3O. The topological polar surface area (TPSA) is 64.9 Å². The van der Waals surface area contributed by atoms with E-state index in [2.05, 4.69) is 10.1 Å². The Balaban J connectivity index is 2.95. The summed E-state index contributed by atoms with van der Waals surface area (Å²) >= 11 is 0. The predicted octanol–water partition coefficient (Wildman–Crippen LogP) is 2.17. The summed E-state index contributed by atoms with van der Waals surface area (Å²) in [7, 11) is 0. The minimum atomic E-state index is -0.458. The first-order chi connectivity index (χ1) is 6.53. The van der Waals surface area contributed by atoms with E-state index in [4.69, 9.17) is 10.3 Å². The lowest BCUT2D eigenvalue weighted by molar-refractivity contribution is 0.266. The van der Waals surface area contributed by atoms with Crippen LogP contribution in [-0.4, -0.2) is 10.1 Å². The summed E-state index contributed by atoms with van der Waals surface area (Å²) in [5, 5.41) is 3.91. The van der Waals surface area contributed by atoms with Crippen molar-refractivity contribution < 1.29 is 4.52 Å². The molecule has 80 valence electrons. The van der Waals surface area contributed by atoms with Gasteiger partial charge >= 0.3 is 0 Å². The number of hydrogen-bond acceptors (Lipinski definition) is 4. The van der Waals surface area contributed by atoms with Gasteiger partial charge in [0.05, 0.1) is 5.54 Å². The molecule has 2 N–H and O–H groups in total.